The van der Waals surface area contributed by atoms with Crippen LogP contribution in [0.5, 0.6) is 0 Å². The van der Waals surface area contributed by atoms with E-state index in [9.17, 15) is 9.59 Å². The number of fused-ring (bicyclic) bond motifs is 1. The minimum Gasteiger partial charge on any atom is -0.350 e. The van der Waals surface area contributed by atoms with Gasteiger partial charge >= 0.3 is 0 Å². The van der Waals surface area contributed by atoms with E-state index in [-0.39, 0.29) is 31.0 Å². The maximum absolute atomic E-state index is 12.4. The first-order valence-electron chi connectivity index (χ1n) is 8.35. The number of carbonyl (C=O) groups excluding carboxylic acids is 1. The second-order valence-electron chi connectivity index (χ2n) is 5.92. The molecule has 3 aromatic heterocycles. The van der Waals surface area contributed by atoms with Gasteiger partial charge in [0, 0.05) is 18.3 Å². The number of aromatic nitrogens is 5. The van der Waals surface area contributed by atoms with Gasteiger partial charge in [-0.05, 0) is 23.6 Å². The Bertz CT molecular complexity index is 1130. The zero-order valence-electron chi connectivity index (χ0n) is 14.3. The van der Waals surface area contributed by atoms with Gasteiger partial charge in [-0.15, -0.1) is 5.10 Å². The van der Waals surface area contributed by atoms with Crippen molar-refractivity contribution in [3.63, 3.8) is 0 Å². The first kappa shape index (κ1) is 17.1. The van der Waals surface area contributed by atoms with Gasteiger partial charge in [0.1, 0.15) is 5.69 Å². The minimum atomic E-state index is -0.167. The van der Waals surface area contributed by atoms with E-state index in [1.54, 1.807) is 40.4 Å². The predicted molar refractivity (Wildman–Crippen MR) is 102 cm³/mol. The van der Waals surface area contributed by atoms with E-state index in [0.717, 1.165) is 5.69 Å². The van der Waals surface area contributed by atoms with E-state index in [1.807, 2.05) is 22.9 Å². The van der Waals surface area contributed by atoms with E-state index in [4.69, 9.17) is 0 Å². The van der Waals surface area contributed by atoms with Crippen molar-refractivity contribution < 1.29 is 4.79 Å². The summed E-state index contributed by atoms with van der Waals surface area (Å²) in [4.78, 5) is 28.8. The van der Waals surface area contributed by atoms with E-state index >= 15 is 0 Å². The van der Waals surface area contributed by atoms with Crippen molar-refractivity contribution >= 4 is 28.1 Å². The fourth-order valence-corrected chi connectivity index (χ4v) is 3.28. The molecule has 0 saturated carbocycles. The molecular formula is C18H16N6O2S. The number of para-hydroxylation sites is 1. The molecular weight excluding hydrogens is 364 g/mol. The molecule has 4 aromatic rings. The molecule has 0 fully saturated rings. The van der Waals surface area contributed by atoms with Gasteiger partial charge in [-0.2, -0.15) is 11.3 Å². The molecule has 0 aliphatic carbocycles. The van der Waals surface area contributed by atoms with Crippen molar-refractivity contribution in [3.05, 3.63) is 69.7 Å². The molecule has 0 radical (unpaired) electrons. The van der Waals surface area contributed by atoms with Gasteiger partial charge in [0.25, 0.3) is 5.56 Å². The number of rotatable bonds is 6. The van der Waals surface area contributed by atoms with Crippen LogP contribution in [0.15, 0.2) is 58.4 Å². The van der Waals surface area contributed by atoms with Crippen molar-refractivity contribution in [1.82, 2.24) is 29.9 Å². The fraction of sp³-hybridized carbons (Fsp3) is 0.167. The van der Waals surface area contributed by atoms with Crippen LogP contribution in [0, 0.1) is 0 Å². The Morgan fingerprint density at radius 2 is 2.11 bits per heavy atom. The van der Waals surface area contributed by atoms with Crippen LogP contribution in [0.1, 0.15) is 12.1 Å². The molecule has 1 N–H and O–H groups in total. The standard InChI is InChI=1S/C18H16N6O2S/c25-17(19-9-13-10-24(22-21-13)14-6-8-27-11-14)5-7-23-12-20-16-4-2-1-3-15(16)18(23)26/h1-4,6,8,10-12H,5,7,9H2,(H,19,25). The highest BCUT2D eigenvalue weighted by Crippen LogP contribution is 2.10. The third-order valence-electron chi connectivity index (χ3n) is 4.09. The van der Waals surface area contributed by atoms with Crippen molar-refractivity contribution in [2.45, 2.75) is 19.5 Å². The Labute approximate surface area is 158 Å². The number of amides is 1. The first-order valence-corrected chi connectivity index (χ1v) is 9.30. The van der Waals surface area contributed by atoms with Crippen molar-refractivity contribution in [1.29, 1.82) is 0 Å². The summed E-state index contributed by atoms with van der Waals surface area (Å²) in [5.41, 5.74) is 2.11. The number of benzene rings is 1. The highest BCUT2D eigenvalue weighted by atomic mass is 32.1. The fourth-order valence-electron chi connectivity index (χ4n) is 2.66. The molecule has 1 amide bonds. The lowest BCUT2D eigenvalue weighted by Crippen LogP contribution is -2.27. The van der Waals surface area contributed by atoms with Gasteiger partial charge in [0.2, 0.25) is 5.91 Å². The number of aryl methyl sites for hydroxylation is 1. The number of thiophene rings is 1. The number of hydrogen-bond donors (Lipinski definition) is 1. The lowest BCUT2D eigenvalue weighted by molar-refractivity contribution is -0.121. The predicted octanol–water partition coefficient (Wildman–Crippen LogP) is 1.75. The van der Waals surface area contributed by atoms with Gasteiger partial charge in [-0.1, -0.05) is 17.3 Å². The molecule has 0 saturated heterocycles. The summed E-state index contributed by atoms with van der Waals surface area (Å²) in [7, 11) is 0. The Balaban J connectivity index is 1.34. The number of nitrogens with one attached hydrogen (secondary N) is 1. The van der Waals surface area contributed by atoms with Crippen LogP contribution >= 0.6 is 11.3 Å². The van der Waals surface area contributed by atoms with E-state index in [2.05, 4.69) is 20.6 Å². The summed E-state index contributed by atoms with van der Waals surface area (Å²) in [5.74, 6) is -0.167. The molecule has 0 aliphatic heterocycles. The van der Waals surface area contributed by atoms with Crippen LogP contribution in [0.3, 0.4) is 0 Å². The van der Waals surface area contributed by atoms with Crippen molar-refractivity contribution in [2.75, 3.05) is 0 Å². The summed E-state index contributed by atoms with van der Waals surface area (Å²) in [6, 6.07) is 9.10. The molecule has 0 bridgehead atoms. The summed E-state index contributed by atoms with van der Waals surface area (Å²) < 4.78 is 3.12. The van der Waals surface area contributed by atoms with Gasteiger partial charge < -0.3 is 5.32 Å². The molecule has 4 rings (SSSR count). The van der Waals surface area contributed by atoms with Crippen molar-refractivity contribution in [2.24, 2.45) is 0 Å². The third kappa shape index (κ3) is 3.77. The number of nitrogens with zero attached hydrogens (tertiary/aromatic N) is 5. The average Bonchev–Trinajstić information content (AvgIpc) is 3.37. The van der Waals surface area contributed by atoms with E-state index in [0.29, 0.717) is 16.6 Å². The molecule has 0 spiro atoms. The molecule has 9 heteroatoms. The van der Waals surface area contributed by atoms with Gasteiger partial charge in [0.05, 0.1) is 35.7 Å². The van der Waals surface area contributed by atoms with Gasteiger partial charge in [0.15, 0.2) is 0 Å². The maximum atomic E-state index is 12.4. The summed E-state index contributed by atoms with van der Waals surface area (Å²) in [5, 5.41) is 15.4. The first-order chi connectivity index (χ1) is 13.2. The van der Waals surface area contributed by atoms with Gasteiger partial charge in [-0.25, -0.2) is 9.67 Å². The van der Waals surface area contributed by atoms with Crippen LogP contribution < -0.4 is 10.9 Å². The Morgan fingerprint density at radius 3 is 2.96 bits per heavy atom. The zero-order valence-corrected chi connectivity index (χ0v) is 15.1. The van der Waals surface area contributed by atoms with Crippen LogP contribution in [0.4, 0.5) is 0 Å². The molecule has 0 unspecified atom stereocenters. The Kier molecular flexibility index (Phi) is 4.75. The molecule has 27 heavy (non-hydrogen) atoms. The summed E-state index contributed by atoms with van der Waals surface area (Å²) in [6.45, 7) is 0.554. The Hall–Kier alpha value is -3.33. The highest BCUT2D eigenvalue weighted by molar-refractivity contribution is 7.08. The molecule has 0 aliphatic rings. The molecule has 3 heterocycles. The largest absolute Gasteiger partial charge is 0.350 e. The molecule has 8 nitrogen and oxygen atoms in total. The monoisotopic (exact) mass is 380 g/mol. The lowest BCUT2D eigenvalue weighted by Gasteiger charge is -2.07. The van der Waals surface area contributed by atoms with E-state index in [1.165, 1.54) is 10.9 Å². The third-order valence-corrected chi connectivity index (χ3v) is 4.76. The molecule has 136 valence electrons. The maximum Gasteiger partial charge on any atom is 0.261 e. The van der Waals surface area contributed by atoms with Crippen molar-refractivity contribution in [3.8, 4) is 5.69 Å². The summed E-state index contributed by atoms with van der Waals surface area (Å²) >= 11 is 1.58. The molecule has 0 atom stereocenters. The zero-order chi connectivity index (χ0) is 18.6. The Morgan fingerprint density at radius 1 is 1.22 bits per heavy atom. The number of hydrogen-bond acceptors (Lipinski definition) is 6. The van der Waals surface area contributed by atoms with Crippen LogP contribution in [-0.4, -0.2) is 30.5 Å². The number of carbonyl (C=O) groups is 1. The quantitative estimate of drug-likeness (QED) is 0.550. The van der Waals surface area contributed by atoms with Crippen LogP contribution in [-0.2, 0) is 17.9 Å². The van der Waals surface area contributed by atoms with Crippen LogP contribution in [0.25, 0.3) is 16.6 Å². The highest BCUT2D eigenvalue weighted by Gasteiger charge is 2.08. The average molecular weight is 380 g/mol. The summed E-state index contributed by atoms with van der Waals surface area (Å²) in [6.07, 6.45) is 3.43. The normalized spacial score (nSPS) is 11.0. The minimum absolute atomic E-state index is 0.146. The smallest absolute Gasteiger partial charge is 0.261 e. The van der Waals surface area contributed by atoms with Crippen LogP contribution in [0.2, 0.25) is 0 Å². The van der Waals surface area contributed by atoms with Gasteiger partial charge in [-0.3, -0.25) is 14.2 Å². The topological polar surface area (TPSA) is 94.7 Å². The molecule has 1 aromatic carbocycles. The van der Waals surface area contributed by atoms with E-state index < -0.39 is 0 Å². The lowest BCUT2D eigenvalue weighted by atomic mass is 10.2. The second-order valence-corrected chi connectivity index (χ2v) is 6.70. The second kappa shape index (κ2) is 7.50. The SMILES string of the molecule is O=C(CCn1cnc2ccccc2c1=O)NCc1cn(-c2ccsc2)nn1.